The van der Waals surface area contributed by atoms with Crippen LogP contribution in [-0.4, -0.2) is 36.4 Å². The molecule has 0 aromatic carbocycles. The molecule has 0 radical (unpaired) electrons. The van der Waals surface area contributed by atoms with E-state index in [9.17, 15) is 14.9 Å². The number of fused-ring (bicyclic) bond motifs is 1. The number of nitrogens with one attached hydrogen (secondary N) is 1. The van der Waals surface area contributed by atoms with Gasteiger partial charge in [0.1, 0.15) is 6.04 Å². The minimum Gasteiger partial charge on any atom is -0.465 e. The van der Waals surface area contributed by atoms with E-state index in [1.807, 2.05) is 0 Å². The van der Waals surface area contributed by atoms with Crippen LogP contribution in [0.25, 0.3) is 0 Å². The van der Waals surface area contributed by atoms with Crippen molar-refractivity contribution in [3.05, 3.63) is 10.1 Å². The van der Waals surface area contributed by atoms with Gasteiger partial charge in [0.25, 0.3) is 5.09 Å². The molecule has 0 aromatic heterocycles. The number of nitrogens with zero attached hydrogens (tertiary/aromatic N) is 1. The molecule has 2 rings (SSSR count). The lowest BCUT2D eigenvalue weighted by atomic mass is 10.0. The lowest BCUT2D eigenvalue weighted by Crippen LogP contribution is -2.36. The maximum Gasteiger partial charge on any atom is 0.323 e. The van der Waals surface area contributed by atoms with E-state index in [2.05, 4.69) is 10.2 Å². The molecule has 0 spiro atoms. The van der Waals surface area contributed by atoms with Crippen LogP contribution in [0.2, 0.25) is 0 Å². The second-order valence-corrected chi connectivity index (χ2v) is 5.89. The van der Waals surface area contributed by atoms with Gasteiger partial charge in [0.05, 0.1) is 13.2 Å². The summed E-state index contributed by atoms with van der Waals surface area (Å²) in [5.74, 6) is 0.533. The Bertz CT molecular complexity index is 351. The zero-order valence-corrected chi connectivity index (χ0v) is 12.3. The summed E-state index contributed by atoms with van der Waals surface area (Å²) in [5, 5.41) is 12.5. The van der Waals surface area contributed by atoms with Crippen LogP contribution in [0.4, 0.5) is 0 Å². The van der Waals surface area contributed by atoms with Crippen LogP contribution in [-0.2, 0) is 14.4 Å². The van der Waals surface area contributed by atoms with Crippen molar-refractivity contribution < 1.29 is 19.5 Å². The zero-order valence-electron chi connectivity index (χ0n) is 12.3. The number of hydrogen-bond donors (Lipinski definition) is 1. The molecule has 21 heavy (non-hydrogen) atoms. The summed E-state index contributed by atoms with van der Waals surface area (Å²) in [6.07, 6.45) is 7.78. The predicted octanol–water partition coefficient (Wildman–Crippen LogP) is 1.83. The predicted molar refractivity (Wildman–Crippen MR) is 75.0 cm³/mol. The van der Waals surface area contributed by atoms with Crippen LogP contribution >= 0.6 is 0 Å². The molecule has 2 aliphatic rings. The molecule has 7 heteroatoms. The highest BCUT2D eigenvalue weighted by Crippen LogP contribution is 2.34. The van der Waals surface area contributed by atoms with Gasteiger partial charge in [-0.05, 0) is 44.4 Å². The number of esters is 1. The smallest absolute Gasteiger partial charge is 0.323 e. The first-order valence-electron chi connectivity index (χ1n) is 7.87. The summed E-state index contributed by atoms with van der Waals surface area (Å²) in [4.78, 5) is 26.1. The Labute approximate surface area is 124 Å². The summed E-state index contributed by atoms with van der Waals surface area (Å²) in [6, 6.07) is 0.401. The maximum atomic E-state index is 11.9. The maximum absolute atomic E-state index is 11.9. The van der Waals surface area contributed by atoms with E-state index in [0.717, 1.165) is 25.7 Å². The highest BCUT2D eigenvalue weighted by atomic mass is 16.9. The van der Waals surface area contributed by atoms with Gasteiger partial charge >= 0.3 is 5.97 Å². The number of ether oxygens (including phenoxy) is 1. The second-order valence-electron chi connectivity index (χ2n) is 5.89. The average molecular weight is 300 g/mol. The topological polar surface area (TPSA) is 90.7 Å². The molecular formula is C14H24N2O5. The van der Waals surface area contributed by atoms with Gasteiger partial charge in [-0.1, -0.05) is 12.8 Å². The van der Waals surface area contributed by atoms with Crippen LogP contribution < -0.4 is 5.32 Å². The molecule has 1 N–H and O–H groups in total. The molecule has 1 saturated heterocycles. The molecule has 0 aromatic rings. The van der Waals surface area contributed by atoms with Crippen molar-refractivity contribution in [3.63, 3.8) is 0 Å². The number of carbonyl (C=O) groups is 1. The summed E-state index contributed by atoms with van der Waals surface area (Å²) >= 11 is 0. The van der Waals surface area contributed by atoms with Crippen molar-refractivity contribution in [2.75, 3.05) is 13.2 Å². The number of hydrogen-bond acceptors (Lipinski definition) is 6. The molecule has 0 bridgehead atoms. The summed E-state index contributed by atoms with van der Waals surface area (Å²) in [6.45, 7) is 0.573. The van der Waals surface area contributed by atoms with Gasteiger partial charge < -0.3 is 14.9 Å². The van der Waals surface area contributed by atoms with Crippen molar-refractivity contribution >= 4 is 5.97 Å². The summed E-state index contributed by atoms with van der Waals surface area (Å²) in [5.41, 5.74) is 0. The molecular weight excluding hydrogens is 276 g/mol. The van der Waals surface area contributed by atoms with Crippen LogP contribution in [0.3, 0.4) is 0 Å². The van der Waals surface area contributed by atoms with E-state index in [0.29, 0.717) is 25.0 Å². The Morgan fingerprint density at radius 1 is 1.19 bits per heavy atom. The fraction of sp³-hybridized carbons (Fsp3) is 0.929. The lowest BCUT2D eigenvalue weighted by molar-refractivity contribution is -0.757. The first kappa shape index (κ1) is 16.0. The van der Waals surface area contributed by atoms with Crippen molar-refractivity contribution in [2.24, 2.45) is 5.92 Å². The first-order chi connectivity index (χ1) is 10.2. The Hall–Kier alpha value is -1.37. The normalized spacial score (nSPS) is 27.3. The van der Waals surface area contributed by atoms with E-state index in [-0.39, 0.29) is 18.6 Å². The summed E-state index contributed by atoms with van der Waals surface area (Å²) < 4.78 is 5.30. The van der Waals surface area contributed by atoms with E-state index < -0.39 is 5.09 Å². The molecule has 1 aliphatic heterocycles. The molecule has 3 atom stereocenters. The van der Waals surface area contributed by atoms with Gasteiger partial charge in [-0.3, -0.25) is 4.79 Å². The van der Waals surface area contributed by atoms with Crippen molar-refractivity contribution in [2.45, 2.75) is 63.5 Å². The van der Waals surface area contributed by atoms with Gasteiger partial charge in [0.15, 0.2) is 0 Å². The van der Waals surface area contributed by atoms with Crippen LogP contribution in [0.1, 0.15) is 51.4 Å². The Morgan fingerprint density at radius 3 is 2.67 bits per heavy atom. The fourth-order valence-electron chi connectivity index (χ4n) is 3.30. The minimum atomic E-state index is -0.772. The van der Waals surface area contributed by atoms with E-state index >= 15 is 0 Å². The molecule has 0 amide bonds. The van der Waals surface area contributed by atoms with Gasteiger partial charge in [-0.2, -0.15) is 0 Å². The molecule has 1 heterocycles. The highest BCUT2D eigenvalue weighted by molar-refractivity contribution is 5.76. The van der Waals surface area contributed by atoms with Crippen molar-refractivity contribution in [1.29, 1.82) is 0 Å². The minimum absolute atomic E-state index is 0.117. The molecule has 120 valence electrons. The molecule has 1 aliphatic carbocycles. The van der Waals surface area contributed by atoms with E-state index in [1.54, 1.807) is 0 Å². The molecule has 2 fully saturated rings. The Kier molecular flexibility index (Phi) is 6.22. The first-order valence-corrected chi connectivity index (χ1v) is 7.87. The van der Waals surface area contributed by atoms with Gasteiger partial charge in [0, 0.05) is 6.04 Å². The second kappa shape index (κ2) is 8.17. The van der Waals surface area contributed by atoms with Crippen LogP contribution in [0, 0.1) is 16.0 Å². The van der Waals surface area contributed by atoms with Gasteiger partial charge in [0.2, 0.25) is 0 Å². The third-order valence-electron chi connectivity index (χ3n) is 4.38. The van der Waals surface area contributed by atoms with E-state index in [4.69, 9.17) is 4.74 Å². The van der Waals surface area contributed by atoms with Crippen molar-refractivity contribution in [1.82, 2.24) is 5.32 Å². The summed E-state index contributed by atoms with van der Waals surface area (Å²) in [7, 11) is 0. The van der Waals surface area contributed by atoms with Crippen LogP contribution in [0.15, 0.2) is 0 Å². The van der Waals surface area contributed by atoms with Gasteiger partial charge in [-0.25, -0.2) is 0 Å². The van der Waals surface area contributed by atoms with Crippen LogP contribution in [0.5, 0.6) is 0 Å². The zero-order chi connectivity index (χ0) is 15.1. The number of rotatable bonds is 9. The SMILES string of the molecule is O=C(OCCCCCCO[N+](=O)[O-])C1C[C@@H]2CCC[C@@H]2N1. The fourth-order valence-corrected chi connectivity index (χ4v) is 3.30. The quantitative estimate of drug-likeness (QED) is 0.302. The van der Waals surface area contributed by atoms with Crippen molar-refractivity contribution in [3.8, 4) is 0 Å². The van der Waals surface area contributed by atoms with Gasteiger partial charge in [-0.15, -0.1) is 10.1 Å². The number of carbonyl (C=O) groups excluding carboxylic acids is 1. The number of unbranched alkanes of at least 4 members (excludes halogenated alkanes) is 3. The third-order valence-corrected chi connectivity index (χ3v) is 4.38. The average Bonchev–Trinajstić information content (AvgIpc) is 3.02. The Balaban J connectivity index is 1.46. The molecule has 7 nitrogen and oxygen atoms in total. The Morgan fingerprint density at radius 2 is 1.95 bits per heavy atom. The molecule has 1 unspecified atom stereocenters. The van der Waals surface area contributed by atoms with E-state index in [1.165, 1.54) is 19.3 Å². The standard InChI is InChI=1S/C14H24N2O5/c17-14(13-10-11-6-5-7-12(11)15-13)20-8-3-1-2-4-9-21-16(18)19/h11-13,15H,1-10H2/t11-,12-,13?/m0/s1. The highest BCUT2D eigenvalue weighted by Gasteiger charge is 2.40. The monoisotopic (exact) mass is 300 g/mol. The third kappa shape index (κ3) is 5.15. The largest absolute Gasteiger partial charge is 0.465 e. The molecule has 1 saturated carbocycles. The lowest BCUT2D eigenvalue weighted by Gasteiger charge is -2.12.